The molecule has 5 heteroatoms. The van der Waals surface area contributed by atoms with Gasteiger partial charge in [0, 0.05) is 0 Å². The van der Waals surface area contributed by atoms with Gasteiger partial charge in [-0.1, -0.05) is 18.2 Å². The molecule has 0 aromatic heterocycles. The number of esters is 1. The van der Waals surface area contributed by atoms with Crippen LogP contribution in [0, 0.1) is 0 Å². The van der Waals surface area contributed by atoms with Gasteiger partial charge in [0.1, 0.15) is 0 Å². The Bertz CT molecular complexity index is 322. The van der Waals surface area contributed by atoms with Gasteiger partial charge in [-0.25, -0.2) is 4.79 Å². The summed E-state index contributed by atoms with van der Waals surface area (Å²) in [7, 11) is 0. The summed E-state index contributed by atoms with van der Waals surface area (Å²) in [6.45, 7) is 0.637. The van der Waals surface area contributed by atoms with E-state index in [-0.39, 0.29) is 29.6 Å². The number of hydrogen-bond acceptors (Lipinski definition) is 4. The van der Waals surface area contributed by atoms with Crippen molar-refractivity contribution in [1.82, 2.24) is 0 Å². The van der Waals surface area contributed by atoms with Crippen LogP contribution in [0.3, 0.4) is 0 Å². The molecule has 4 nitrogen and oxygen atoms in total. The molecule has 1 rings (SSSR count). The minimum atomic E-state index is -1.23. The standard InChI is InChI=1S/C11H14O4.Na/c1-11(7-12,8-13)15-10(14)9-5-3-2-4-6-9;/h2-6,12-13H,7-8H2,1H3;/q;+1. The predicted molar refractivity (Wildman–Crippen MR) is 54.4 cm³/mol. The molecule has 0 aliphatic heterocycles. The Morgan fingerprint density at radius 1 is 1.25 bits per heavy atom. The van der Waals surface area contributed by atoms with E-state index in [4.69, 9.17) is 14.9 Å². The topological polar surface area (TPSA) is 66.8 Å². The summed E-state index contributed by atoms with van der Waals surface area (Å²) in [4.78, 5) is 11.5. The molecule has 0 saturated carbocycles. The number of aliphatic hydroxyl groups excluding tert-OH is 2. The van der Waals surface area contributed by atoms with Crippen LogP contribution in [0.2, 0.25) is 0 Å². The Hall–Kier alpha value is -0.390. The molecule has 0 fully saturated rings. The van der Waals surface area contributed by atoms with Gasteiger partial charge in [0.2, 0.25) is 0 Å². The summed E-state index contributed by atoms with van der Waals surface area (Å²) in [5, 5.41) is 17.9. The zero-order valence-electron chi connectivity index (χ0n) is 9.51. The first-order valence-electron chi connectivity index (χ1n) is 4.61. The molecule has 0 atom stereocenters. The van der Waals surface area contributed by atoms with E-state index in [1.807, 2.05) is 0 Å². The first-order chi connectivity index (χ1) is 7.11. The van der Waals surface area contributed by atoms with Crippen molar-refractivity contribution in [3.8, 4) is 0 Å². The molecule has 0 heterocycles. The molecule has 1 aromatic carbocycles. The molecule has 16 heavy (non-hydrogen) atoms. The zero-order chi connectivity index (χ0) is 11.3. The SMILES string of the molecule is CC(CO)(CO)OC(=O)c1ccccc1.[Na+]. The molecule has 0 aliphatic carbocycles. The second kappa shape index (κ2) is 7.04. The van der Waals surface area contributed by atoms with Gasteiger partial charge >= 0.3 is 35.5 Å². The van der Waals surface area contributed by atoms with Crippen LogP contribution in [0.4, 0.5) is 0 Å². The van der Waals surface area contributed by atoms with Gasteiger partial charge in [0.15, 0.2) is 5.60 Å². The third-order valence-electron chi connectivity index (χ3n) is 2.02. The number of carbonyl (C=O) groups excluding carboxylic acids is 1. The maximum atomic E-state index is 11.5. The molecular weight excluding hydrogens is 219 g/mol. The van der Waals surface area contributed by atoms with Crippen molar-refractivity contribution in [3.05, 3.63) is 35.9 Å². The van der Waals surface area contributed by atoms with Crippen molar-refractivity contribution in [2.24, 2.45) is 0 Å². The average molecular weight is 233 g/mol. The normalized spacial score (nSPS) is 10.4. The van der Waals surface area contributed by atoms with Gasteiger partial charge in [-0.2, -0.15) is 0 Å². The first kappa shape index (κ1) is 15.6. The molecule has 2 N–H and O–H groups in total. The van der Waals surface area contributed by atoms with Crippen molar-refractivity contribution >= 4 is 5.97 Å². The third kappa shape index (κ3) is 4.23. The minimum absolute atomic E-state index is 0. The summed E-state index contributed by atoms with van der Waals surface area (Å²) in [6.07, 6.45) is 0. The van der Waals surface area contributed by atoms with E-state index >= 15 is 0 Å². The van der Waals surface area contributed by atoms with Crippen LogP contribution in [0.5, 0.6) is 0 Å². The Morgan fingerprint density at radius 3 is 2.19 bits per heavy atom. The minimum Gasteiger partial charge on any atom is -0.451 e. The van der Waals surface area contributed by atoms with Crippen LogP contribution in [-0.2, 0) is 4.74 Å². The molecule has 82 valence electrons. The largest absolute Gasteiger partial charge is 1.00 e. The number of hydrogen-bond donors (Lipinski definition) is 2. The van der Waals surface area contributed by atoms with Gasteiger partial charge in [-0.3, -0.25) is 0 Å². The second-order valence-electron chi connectivity index (χ2n) is 3.52. The van der Waals surface area contributed by atoms with Gasteiger partial charge in [-0.15, -0.1) is 0 Å². The summed E-state index contributed by atoms with van der Waals surface area (Å²) >= 11 is 0. The summed E-state index contributed by atoms with van der Waals surface area (Å²) in [6, 6.07) is 8.43. The van der Waals surface area contributed by atoms with Crippen molar-refractivity contribution in [1.29, 1.82) is 0 Å². The fourth-order valence-electron chi connectivity index (χ4n) is 0.972. The van der Waals surface area contributed by atoms with Crippen molar-refractivity contribution in [3.63, 3.8) is 0 Å². The second-order valence-corrected chi connectivity index (χ2v) is 3.52. The van der Waals surface area contributed by atoms with Crippen molar-refractivity contribution < 1.29 is 49.3 Å². The summed E-state index contributed by atoms with van der Waals surface area (Å²) in [5.41, 5.74) is -0.835. The Morgan fingerprint density at radius 2 is 1.75 bits per heavy atom. The fourth-order valence-corrected chi connectivity index (χ4v) is 0.972. The fraction of sp³-hybridized carbons (Fsp3) is 0.364. The first-order valence-corrected chi connectivity index (χ1v) is 4.61. The molecule has 1 aromatic rings. The Labute approximate surface area is 117 Å². The number of carbonyl (C=O) groups is 1. The average Bonchev–Trinajstić information content (AvgIpc) is 2.30. The number of rotatable bonds is 4. The predicted octanol–water partition coefficient (Wildman–Crippen LogP) is -2.41. The Balaban J connectivity index is 0.00000225. The number of aliphatic hydroxyl groups is 2. The Kier molecular flexibility index (Phi) is 6.87. The zero-order valence-corrected chi connectivity index (χ0v) is 11.5. The van der Waals surface area contributed by atoms with E-state index in [0.29, 0.717) is 5.56 Å². The molecule has 0 saturated heterocycles. The van der Waals surface area contributed by atoms with Crippen LogP contribution in [0.25, 0.3) is 0 Å². The summed E-state index contributed by atoms with van der Waals surface area (Å²) < 4.78 is 4.98. The monoisotopic (exact) mass is 233 g/mol. The molecule has 0 unspecified atom stereocenters. The quantitative estimate of drug-likeness (QED) is 0.449. The van der Waals surface area contributed by atoms with Crippen molar-refractivity contribution in [2.45, 2.75) is 12.5 Å². The maximum Gasteiger partial charge on any atom is 1.00 e. The maximum absolute atomic E-state index is 11.5. The van der Waals surface area contributed by atoms with Gasteiger partial charge in [0.25, 0.3) is 0 Å². The van der Waals surface area contributed by atoms with E-state index in [9.17, 15) is 4.79 Å². The van der Waals surface area contributed by atoms with Crippen LogP contribution in [0.1, 0.15) is 17.3 Å². The van der Waals surface area contributed by atoms with Crippen LogP contribution in [-0.4, -0.2) is 35.0 Å². The van der Waals surface area contributed by atoms with Crippen LogP contribution in [0.15, 0.2) is 30.3 Å². The van der Waals surface area contributed by atoms with Crippen LogP contribution >= 0.6 is 0 Å². The molecule has 0 spiro atoms. The molecule has 0 aliphatic rings. The molecule has 0 amide bonds. The van der Waals surface area contributed by atoms with E-state index < -0.39 is 24.8 Å². The van der Waals surface area contributed by atoms with Crippen LogP contribution < -0.4 is 29.6 Å². The van der Waals surface area contributed by atoms with Gasteiger partial charge < -0.3 is 14.9 Å². The molecule has 0 radical (unpaired) electrons. The van der Waals surface area contributed by atoms with E-state index in [2.05, 4.69) is 0 Å². The van der Waals surface area contributed by atoms with E-state index in [1.165, 1.54) is 6.92 Å². The van der Waals surface area contributed by atoms with E-state index in [1.54, 1.807) is 30.3 Å². The smallest absolute Gasteiger partial charge is 0.451 e. The van der Waals surface area contributed by atoms with E-state index in [0.717, 1.165) is 0 Å². The third-order valence-corrected chi connectivity index (χ3v) is 2.02. The van der Waals surface area contributed by atoms with Crippen molar-refractivity contribution in [2.75, 3.05) is 13.2 Å². The molecular formula is C11H14NaO4+. The number of ether oxygens (including phenoxy) is 1. The van der Waals surface area contributed by atoms with Gasteiger partial charge in [0.05, 0.1) is 18.8 Å². The van der Waals surface area contributed by atoms with Gasteiger partial charge in [-0.05, 0) is 19.1 Å². The number of benzene rings is 1. The summed E-state index contributed by atoms with van der Waals surface area (Å²) in [5.74, 6) is -0.554. The molecule has 0 bridgehead atoms.